The molecule has 0 saturated heterocycles. The lowest BCUT2D eigenvalue weighted by Crippen LogP contribution is -2.14. The van der Waals surface area contributed by atoms with Crippen molar-refractivity contribution in [3.63, 3.8) is 0 Å². The Kier molecular flexibility index (Phi) is 3.75. The molecule has 0 bridgehead atoms. The molecule has 2 aromatic rings. The van der Waals surface area contributed by atoms with Gasteiger partial charge in [-0.1, -0.05) is 0 Å². The Balaban J connectivity index is 1.97. The predicted octanol–water partition coefficient (Wildman–Crippen LogP) is 2.85. The Bertz CT molecular complexity index is 500. The normalized spacial score (nSPS) is 10.8. The minimum absolute atomic E-state index is 0.0964. The van der Waals surface area contributed by atoms with Crippen LogP contribution >= 0.6 is 11.3 Å². The molecule has 17 heavy (non-hydrogen) atoms. The maximum absolute atomic E-state index is 13.2. The monoisotopic (exact) mass is 258 g/mol. The van der Waals surface area contributed by atoms with Gasteiger partial charge in [0.15, 0.2) is 11.6 Å². The van der Waals surface area contributed by atoms with Crippen LogP contribution in [0.3, 0.4) is 0 Å². The summed E-state index contributed by atoms with van der Waals surface area (Å²) >= 11 is 1.46. The Labute approximate surface area is 100 Å². The van der Waals surface area contributed by atoms with Gasteiger partial charge in [0.05, 0.1) is 11.2 Å². The summed E-state index contributed by atoms with van der Waals surface area (Å²) in [6.45, 7) is 0.586. The zero-order valence-electron chi connectivity index (χ0n) is 8.71. The maximum atomic E-state index is 13.2. The molecule has 0 spiro atoms. The van der Waals surface area contributed by atoms with Crippen LogP contribution in [0.4, 0.5) is 13.2 Å². The lowest BCUT2D eigenvalue weighted by Gasteiger charge is -2.05. The van der Waals surface area contributed by atoms with Crippen molar-refractivity contribution < 1.29 is 13.2 Å². The van der Waals surface area contributed by atoms with Gasteiger partial charge in [0.25, 0.3) is 0 Å². The van der Waals surface area contributed by atoms with Crippen LogP contribution in [0.15, 0.2) is 23.0 Å². The first-order valence-electron chi connectivity index (χ1n) is 4.88. The molecular weight excluding hydrogens is 249 g/mol. The minimum Gasteiger partial charge on any atom is -0.307 e. The van der Waals surface area contributed by atoms with Crippen molar-refractivity contribution in [2.75, 3.05) is 0 Å². The fourth-order valence-corrected chi connectivity index (χ4v) is 1.91. The van der Waals surface area contributed by atoms with Gasteiger partial charge in [0, 0.05) is 30.1 Å². The SMILES string of the molecule is Fc1cc(F)c(CNCc2cscn2)cc1F. The molecule has 0 radical (unpaired) electrons. The van der Waals surface area contributed by atoms with Crippen molar-refractivity contribution in [3.8, 4) is 0 Å². The van der Waals surface area contributed by atoms with Gasteiger partial charge < -0.3 is 5.32 Å². The van der Waals surface area contributed by atoms with Gasteiger partial charge in [-0.05, 0) is 6.07 Å². The summed E-state index contributed by atoms with van der Waals surface area (Å²) in [5, 5.41) is 4.76. The molecule has 0 aliphatic carbocycles. The van der Waals surface area contributed by atoms with E-state index in [9.17, 15) is 13.2 Å². The van der Waals surface area contributed by atoms with E-state index in [0.717, 1.165) is 11.8 Å². The van der Waals surface area contributed by atoms with Crippen LogP contribution in [0.25, 0.3) is 0 Å². The highest BCUT2D eigenvalue weighted by atomic mass is 32.1. The maximum Gasteiger partial charge on any atom is 0.161 e. The highest BCUT2D eigenvalue weighted by Gasteiger charge is 2.09. The number of rotatable bonds is 4. The summed E-state index contributed by atoms with van der Waals surface area (Å²) in [6.07, 6.45) is 0. The summed E-state index contributed by atoms with van der Waals surface area (Å²) < 4.78 is 38.8. The van der Waals surface area contributed by atoms with Gasteiger partial charge in [0.1, 0.15) is 5.82 Å². The second-order valence-electron chi connectivity index (χ2n) is 3.44. The molecule has 2 rings (SSSR count). The molecule has 0 atom stereocenters. The number of hydrogen-bond donors (Lipinski definition) is 1. The van der Waals surface area contributed by atoms with E-state index in [1.165, 1.54) is 11.3 Å². The zero-order valence-corrected chi connectivity index (χ0v) is 9.53. The highest BCUT2D eigenvalue weighted by Crippen LogP contribution is 2.13. The van der Waals surface area contributed by atoms with Crippen LogP contribution in [0.5, 0.6) is 0 Å². The van der Waals surface area contributed by atoms with Crippen LogP contribution in [0.2, 0.25) is 0 Å². The Morgan fingerprint density at radius 1 is 1.06 bits per heavy atom. The molecule has 1 aromatic carbocycles. The third kappa shape index (κ3) is 3.04. The summed E-state index contributed by atoms with van der Waals surface area (Å²) in [5.74, 6) is -2.97. The molecule has 1 aromatic heterocycles. The molecule has 1 heterocycles. The number of nitrogens with one attached hydrogen (secondary N) is 1. The standard InChI is InChI=1S/C11H9F3N2S/c12-9-2-11(14)10(13)1-7(9)3-15-4-8-5-17-6-16-8/h1-2,5-6,15H,3-4H2. The number of nitrogens with zero attached hydrogens (tertiary/aromatic N) is 1. The predicted molar refractivity (Wildman–Crippen MR) is 59.0 cm³/mol. The fourth-order valence-electron chi connectivity index (χ4n) is 1.35. The summed E-state index contributed by atoms with van der Waals surface area (Å²) in [7, 11) is 0. The molecular formula is C11H9F3N2S. The van der Waals surface area contributed by atoms with E-state index >= 15 is 0 Å². The molecule has 0 saturated carbocycles. The van der Waals surface area contributed by atoms with Gasteiger partial charge in [0.2, 0.25) is 0 Å². The van der Waals surface area contributed by atoms with Gasteiger partial charge in [-0.15, -0.1) is 11.3 Å². The van der Waals surface area contributed by atoms with Crippen LogP contribution in [0, 0.1) is 17.5 Å². The lowest BCUT2D eigenvalue weighted by molar-refractivity contribution is 0.486. The Hall–Kier alpha value is -1.40. The highest BCUT2D eigenvalue weighted by molar-refractivity contribution is 7.07. The van der Waals surface area contributed by atoms with Crippen molar-refractivity contribution in [3.05, 3.63) is 51.7 Å². The van der Waals surface area contributed by atoms with Crippen LogP contribution in [-0.2, 0) is 13.1 Å². The number of aromatic nitrogens is 1. The summed E-state index contributed by atoms with van der Waals surface area (Å²) in [5.41, 5.74) is 2.62. The van der Waals surface area contributed by atoms with E-state index < -0.39 is 17.5 Å². The largest absolute Gasteiger partial charge is 0.307 e. The molecule has 2 nitrogen and oxygen atoms in total. The Morgan fingerprint density at radius 2 is 1.82 bits per heavy atom. The first-order chi connectivity index (χ1) is 8.16. The average molecular weight is 258 g/mol. The topological polar surface area (TPSA) is 24.9 Å². The third-order valence-electron chi connectivity index (χ3n) is 2.19. The molecule has 1 N–H and O–H groups in total. The molecule has 0 amide bonds. The van der Waals surface area contributed by atoms with E-state index in [1.807, 2.05) is 5.38 Å². The Morgan fingerprint density at radius 3 is 2.53 bits per heavy atom. The minimum atomic E-state index is -1.18. The molecule has 0 aliphatic rings. The number of hydrogen-bond acceptors (Lipinski definition) is 3. The molecule has 90 valence electrons. The molecule has 6 heteroatoms. The second-order valence-corrected chi connectivity index (χ2v) is 4.16. The van der Waals surface area contributed by atoms with Gasteiger partial charge in [-0.3, -0.25) is 0 Å². The van der Waals surface area contributed by atoms with Crippen LogP contribution < -0.4 is 5.32 Å². The van der Waals surface area contributed by atoms with Crippen molar-refractivity contribution in [1.82, 2.24) is 10.3 Å². The van der Waals surface area contributed by atoms with Crippen molar-refractivity contribution in [1.29, 1.82) is 0 Å². The number of benzene rings is 1. The summed E-state index contributed by atoms with van der Waals surface area (Å²) in [4.78, 5) is 4.03. The number of thiazole rings is 1. The van der Waals surface area contributed by atoms with Gasteiger partial charge in [-0.2, -0.15) is 0 Å². The zero-order chi connectivity index (χ0) is 12.3. The number of halogens is 3. The van der Waals surface area contributed by atoms with Gasteiger partial charge in [-0.25, -0.2) is 18.2 Å². The fraction of sp³-hybridized carbons (Fsp3) is 0.182. The van der Waals surface area contributed by atoms with Crippen molar-refractivity contribution in [2.45, 2.75) is 13.1 Å². The third-order valence-corrected chi connectivity index (χ3v) is 2.83. The van der Waals surface area contributed by atoms with E-state index in [2.05, 4.69) is 10.3 Å². The molecule has 0 fully saturated rings. The molecule has 0 unspecified atom stereocenters. The van der Waals surface area contributed by atoms with E-state index in [-0.39, 0.29) is 12.1 Å². The van der Waals surface area contributed by atoms with Crippen molar-refractivity contribution >= 4 is 11.3 Å². The van der Waals surface area contributed by atoms with Crippen LogP contribution in [0.1, 0.15) is 11.3 Å². The smallest absolute Gasteiger partial charge is 0.161 e. The first-order valence-corrected chi connectivity index (χ1v) is 5.82. The summed E-state index contributed by atoms with van der Waals surface area (Å²) in [6, 6.07) is 1.41. The van der Waals surface area contributed by atoms with E-state index in [0.29, 0.717) is 12.6 Å². The van der Waals surface area contributed by atoms with E-state index in [1.54, 1.807) is 5.51 Å². The van der Waals surface area contributed by atoms with Crippen LogP contribution in [-0.4, -0.2) is 4.98 Å². The van der Waals surface area contributed by atoms with Gasteiger partial charge >= 0.3 is 0 Å². The lowest BCUT2D eigenvalue weighted by atomic mass is 10.2. The first kappa shape index (κ1) is 12.1. The second kappa shape index (κ2) is 5.29. The average Bonchev–Trinajstić information content (AvgIpc) is 2.78. The van der Waals surface area contributed by atoms with Crippen molar-refractivity contribution in [2.24, 2.45) is 0 Å². The van der Waals surface area contributed by atoms with E-state index in [4.69, 9.17) is 0 Å². The quantitative estimate of drug-likeness (QED) is 0.853. The molecule has 0 aliphatic heterocycles.